The molecule has 0 fully saturated rings. The van der Waals surface area contributed by atoms with Gasteiger partial charge in [0.05, 0.1) is 0 Å². The predicted octanol–water partition coefficient (Wildman–Crippen LogP) is 5.68. The molecule has 0 unspecified atom stereocenters. The molecule has 0 spiro atoms. The number of phenols is 1. The Morgan fingerprint density at radius 3 is 2.00 bits per heavy atom. The molecule has 21 heavy (non-hydrogen) atoms. The predicted molar refractivity (Wildman–Crippen MR) is 91.6 cm³/mol. The Hall–Kier alpha value is -2.54. The molecule has 1 heteroatoms. The molecule has 0 amide bonds. The lowest BCUT2D eigenvalue weighted by molar-refractivity contribution is 0.481. The third-order valence-corrected chi connectivity index (χ3v) is 3.84. The first-order chi connectivity index (χ1) is 10.2. The molecule has 0 heterocycles. The van der Waals surface area contributed by atoms with Gasteiger partial charge in [-0.25, -0.2) is 0 Å². The number of hydrogen-bond acceptors (Lipinski definition) is 1. The first-order valence-corrected chi connectivity index (χ1v) is 7.16. The summed E-state index contributed by atoms with van der Waals surface area (Å²) in [6.45, 7) is 4.03. The van der Waals surface area contributed by atoms with Crippen LogP contribution >= 0.6 is 0 Å². The monoisotopic (exact) mass is 274 g/mol. The zero-order chi connectivity index (χ0) is 14.8. The number of aromatic hydroxyl groups is 1. The van der Waals surface area contributed by atoms with Gasteiger partial charge in [0.1, 0.15) is 5.75 Å². The maximum Gasteiger partial charge on any atom is 0.131 e. The Bertz CT molecular complexity index is 870. The molecule has 0 saturated heterocycles. The SMILES string of the molecule is CC=CC=C(C)c1c(O)c2ccccc2c2ccccc12. The lowest BCUT2D eigenvalue weighted by atomic mass is 9.92. The van der Waals surface area contributed by atoms with Crippen molar-refractivity contribution in [3.05, 3.63) is 72.3 Å². The van der Waals surface area contributed by atoms with Crippen LogP contribution in [0, 0.1) is 0 Å². The second-order valence-corrected chi connectivity index (χ2v) is 5.19. The summed E-state index contributed by atoms with van der Waals surface area (Å²) in [5.41, 5.74) is 1.98. The highest BCUT2D eigenvalue weighted by molar-refractivity contribution is 6.15. The fourth-order valence-corrected chi connectivity index (χ4v) is 2.85. The van der Waals surface area contributed by atoms with Gasteiger partial charge in [0, 0.05) is 10.9 Å². The summed E-state index contributed by atoms with van der Waals surface area (Å²) in [6, 6.07) is 16.3. The van der Waals surface area contributed by atoms with Crippen LogP contribution in [-0.2, 0) is 0 Å². The highest BCUT2D eigenvalue weighted by atomic mass is 16.3. The number of fused-ring (bicyclic) bond motifs is 3. The van der Waals surface area contributed by atoms with Gasteiger partial charge in [0.25, 0.3) is 0 Å². The first-order valence-electron chi connectivity index (χ1n) is 7.16. The van der Waals surface area contributed by atoms with Crippen molar-refractivity contribution in [1.82, 2.24) is 0 Å². The summed E-state index contributed by atoms with van der Waals surface area (Å²) >= 11 is 0. The average molecular weight is 274 g/mol. The summed E-state index contributed by atoms with van der Waals surface area (Å²) in [7, 11) is 0. The fourth-order valence-electron chi connectivity index (χ4n) is 2.85. The van der Waals surface area contributed by atoms with E-state index < -0.39 is 0 Å². The van der Waals surface area contributed by atoms with Gasteiger partial charge in [0.15, 0.2) is 0 Å². The lowest BCUT2D eigenvalue weighted by Crippen LogP contribution is -1.88. The van der Waals surface area contributed by atoms with Gasteiger partial charge in [-0.3, -0.25) is 0 Å². The molecule has 0 bridgehead atoms. The van der Waals surface area contributed by atoms with Crippen molar-refractivity contribution in [3.63, 3.8) is 0 Å². The summed E-state index contributed by atoms with van der Waals surface area (Å²) in [5, 5.41) is 15.0. The van der Waals surface area contributed by atoms with E-state index in [-0.39, 0.29) is 0 Å². The van der Waals surface area contributed by atoms with E-state index >= 15 is 0 Å². The van der Waals surface area contributed by atoms with Crippen LogP contribution in [0.4, 0.5) is 0 Å². The van der Waals surface area contributed by atoms with Gasteiger partial charge in [-0.1, -0.05) is 66.8 Å². The second kappa shape index (κ2) is 5.45. The Morgan fingerprint density at radius 2 is 1.38 bits per heavy atom. The fraction of sp³-hybridized carbons (Fsp3) is 0.100. The summed E-state index contributed by atoms with van der Waals surface area (Å²) < 4.78 is 0. The molecule has 104 valence electrons. The van der Waals surface area contributed by atoms with Crippen LogP contribution in [0.2, 0.25) is 0 Å². The van der Waals surface area contributed by atoms with Gasteiger partial charge in [-0.15, -0.1) is 0 Å². The molecule has 0 aliphatic carbocycles. The van der Waals surface area contributed by atoms with E-state index in [1.54, 1.807) is 0 Å². The zero-order valence-electron chi connectivity index (χ0n) is 12.3. The molecular weight excluding hydrogens is 256 g/mol. The third-order valence-electron chi connectivity index (χ3n) is 3.84. The summed E-state index contributed by atoms with van der Waals surface area (Å²) in [5.74, 6) is 0.363. The molecule has 0 atom stereocenters. The molecule has 3 rings (SSSR count). The molecule has 0 aliphatic rings. The standard InChI is InChI=1S/C20H18O/c1-3-4-9-14(2)19-17-12-7-5-10-15(17)16-11-6-8-13-18(16)20(19)21/h3-13,21H,1-2H3. The Kier molecular flexibility index (Phi) is 3.49. The Labute approximate surface area is 124 Å². The van der Waals surface area contributed by atoms with E-state index in [1.807, 2.05) is 62.4 Å². The van der Waals surface area contributed by atoms with Gasteiger partial charge in [-0.05, 0) is 35.6 Å². The smallest absolute Gasteiger partial charge is 0.131 e. The van der Waals surface area contributed by atoms with E-state index in [2.05, 4.69) is 18.2 Å². The van der Waals surface area contributed by atoms with E-state index in [1.165, 1.54) is 5.39 Å². The van der Waals surface area contributed by atoms with Crippen molar-refractivity contribution in [3.8, 4) is 5.75 Å². The van der Waals surface area contributed by atoms with Crippen molar-refractivity contribution in [2.75, 3.05) is 0 Å². The van der Waals surface area contributed by atoms with Gasteiger partial charge in [-0.2, -0.15) is 0 Å². The molecule has 0 aromatic heterocycles. The maximum absolute atomic E-state index is 10.8. The van der Waals surface area contributed by atoms with Gasteiger partial charge >= 0.3 is 0 Å². The highest BCUT2D eigenvalue weighted by Gasteiger charge is 2.13. The van der Waals surface area contributed by atoms with E-state index in [4.69, 9.17) is 0 Å². The van der Waals surface area contributed by atoms with Crippen molar-refractivity contribution in [2.45, 2.75) is 13.8 Å². The number of allylic oxidation sites excluding steroid dienone is 4. The zero-order valence-corrected chi connectivity index (χ0v) is 12.3. The minimum absolute atomic E-state index is 0.363. The topological polar surface area (TPSA) is 20.2 Å². The lowest BCUT2D eigenvalue weighted by Gasteiger charge is -2.13. The van der Waals surface area contributed by atoms with Crippen LogP contribution in [0.3, 0.4) is 0 Å². The van der Waals surface area contributed by atoms with Crippen molar-refractivity contribution >= 4 is 27.1 Å². The highest BCUT2D eigenvalue weighted by Crippen LogP contribution is 2.40. The van der Waals surface area contributed by atoms with Crippen LogP contribution in [-0.4, -0.2) is 5.11 Å². The molecule has 0 saturated carbocycles. The van der Waals surface area contributed by atoms with Crippen LogP contribution in [0.15, 0.2) is 66.8 Å². The minimum atomic E-state index is 0.363. The number of hydrogen-bond donors (Lipinski definition) is 1. The first kappa shape index (κ1) is 13.4. The molecular formula is C20H18O. The second-order valence-electron chi connectivity index (χ2n) is 5.19. The molecule has 1 nitrogen and oxygen atoms in total. The summed E-state index contributed by atoms with van der Waals surface area (Å²) in [4.78, 5) is 0. The average Bonchev–Trinajstić information content (AvgIpc) is 2.53. The number of benzene rings is 3. The quantitative estimate of drug-likeness (QED) is 0.471. The van der Waals surface area contributed by atoms with E-state index in [0.717, 1.165) is 27.3 Å². The summed E-state index contributed by atoms with van der Waals surface area (Å²) in [6.07, 6.45) is 6.03. The van der Waals surface area contributed by atoms with Crippen LogP contribution in [0.1, 0.15) is 19.4 Å². The van der Waals surface area contributed by atoms with Gasteiger partial charge in [0.2, 0.25) is 0 Å². The maximum atomic E-state index is 10.8. The van der Waals surface area contributed by atoms with Crippen molar-refractivity contribution < 1.29 is 5.11 Å². The van der Waals surface area contributed by atoms with Gasteiger partial charge < -0.3 is 5.11 Å². The molecule has 0 radical (unpaired) electrons. The normalized spacial score (nSPS) is 12.6. The minimum Gasteiger partial charge on any atom is -0.507 e. The number of rotatable bonds is 2. The van der Waals surface area contributed by atoms with Crippen LogP contribution in [0.25, 0.3) is 27.1 Å². The van der Waals surface area contributed by atoms with Crippen LogP contribution in [0.5, 0.6) is 5.75 Å². The Morgan fingerprint density at radius 1 is 0.857 bits per heavy atom. The molecule has 1 N–H and O–H groups in total. The molecule has 3 aromatic rings. The third kappa shape index (κ3) is 2.21. The van der Waals surface area contributed by atoms with E-state index in [0.29, 0.717) is 5.75 Å². The van der Waals surface area contributed by atoms with E-state index in [9.17, 15) is 5.11 Å². The van der Waals surface area contributed by atoms with Crippen LogP contribution < -0.4 is 0 Å². The van der Waals surface area contributed by atoms with Crippen molar-refractivity contribution in [1.29, 1.82) is 0 Å². The number of phenolic OH excluding ortho intramolecular Hbond substituents is 1. The molecule has 3 aromatic carbocycles. The van der Waals surface area contributed by atoms with Crippen molar-refractivity contribution in [2.24, 2.45) is 0 Å². The largest absolute Gasteiger partial charge is 0.507 e. The Balaban J connectivity index is 2.49. The molecule has 0 aliphatic heterocycles.